The standard InChI is InChI=1S/C15H29NO/c1-12(11-16-7-8-17-2)3-5-14-9-13-4-6-15(14)10-13/h12-16H,3-11H2,1-2H3. The summed E-state index contributed by atoms with van der Waals surface area (Å²) in [4.78, 5) is 0. The first-order valence-electron chi connectivity index (χ1n) is 7.49. The van der Waals surface area contributed by atoms with Crippen LogP contribution in [-0.4, -0.2) is 26.8 Å². The van der Waals surface area contributed by atoms with Crippen molar-refractivity contribution in [2.75, 3.05) is 26.8 Å². The van der Waals surface area contributed by atoms with E-state index in [1.807, 2.05) is 0 Å². The maximum Gasteiger partial charge on any atom is 0.0587 e. The Morgan fingerprint density at radius 3 is 2.82 bits per heavy atom. The Labute approximate surface area is 107 Å². The molecule has 1 N–H and O–H groups in total. The Morgan fingerprint density at radius 2 is 2.18 bits per heavy atom. The second-order valence-electron chi connectivity index (χ2n) is 6.31. The third kappa shape index (κ3) is 3.96. The maximum absolute atomic E-state index is 5.04. The van der Waals surface area contributed by atoms with Gasteiger partial charge < -0.3 is 10.1 Å². The van der Waals surface area contributed by atoms with Crippen LogP contribution in [0.15, 0.2) is 0 Å². The second kappa shape index (κ2) is 6.75. The van der Waals surface area contributed by atoms with Gasteiger partial charge in [0.1, 0.15) is 0 Å². The van der Waals surface area contributed by atoms with Gasteiger partial charge in [0.2, 0.25) is 0 Å². The molecule has 0 radical (unpaired) electrons. The molecule has 2 fully saturated rings. The molecular formula is C15H29NO. The van der Waals surface area contributed by atoms with Crippen molar-refractivity contribution in [2.24, 2.45) is 23.7 Å². The van der Waals surface area contributed by atoms with Gasteiger partial charge in [-0.25, -0.2) is 0 Å². The average Bonchev–Trinajstić information content (AvgIpc) is 2.94. The van der Waals surface area contributed by atoms with E-state index in [1.165, 1.54) is 25.7 Å². The van der Waals surface area contributed by atoms with Gasteiger partial charge in [-0.2, -0.15) is 0 Å². The molecule has 2 bridgehead atoms. The molecule has 2 nitrogen and oxygen atoms in total. The lowest BCUT2D eigenvalue weighted by Crippen LogP contribution is -2.25. The normalized spacial score (nSPS) is 33.2. The Hall–Kier alpha value is -0.0800. The number of ether oxygens (including phenoxy) is 1. The highest BCUT2D eigenvalue weighted by atomic mass is 16.5. The van der Waals surface area contributed by atoms with Gasteiger partial charge in [0.05, 0.1) is 6.61 Å². The van der Waals surface area contributed by atoms with Gasteiger partial charge in [-0.1, -0.05) is 13.3 Å². The van der Waals surface area contributed by atoms with E-state index in [0.717, 1.165) is 43.4 Å². The van der Waals surface area contributed by atoms with Crippen LogP contribution >= 0.6 is 0 Å². The zero-order valence-electron chi connectivity index (χ0n) is 11.6. The van der Waals surface area contributed by atoms with Crippen molar-refractivity contribution in [3.8, 4) is 0 Å². The van der Waals surface area contributed by atoms with E-state index >= 15 is 0 Å². The molecular weight excluding hydrogens is 210 g/mol. The lowest BCUT2D eigenvalue weighted by molar-refractivity contribution is 0.197. The van der Waals surface area contributed by atoms with Crippen LogP contribution in [0.4, 0.5) is 0 Å². The molecule has 0 heterocycles. The summed E-state index contributed by atoms with van der Waals surface area (Å²) in [5, 5.41) is 3.47. The van der Waals surface area contributed by atoms with Crippen molar-refractivity contribution in [3.05, 3.63) is 0 Å². The van der Waals surface area contributed by atoms with Crippen LogP contribution in [0, 0.1) is 23.7 Å². The molecule has 4 unspecified atom stereocenters. The number of rotatable bonds is 8. The zero-order chi connectivity index (χ0) is 12.1. The second-order valence-corrected chi connectivity index (χ2v) is 6.31. The lowest BCUT2D eigenvalue weighted by atomic mass is 9.84. The summed E-state index contributed by atoms with van der Waals surface area (Å²) in [5.41, 5.74) is 0. The Kier molecular flexibility index (Phi) is 5.30. The molecule has 100 valence electrons. The van der Waals surface area contributed by atoms with Crippen LogP contribution in [-0.2, 0) is 4.74 Å². The van der Waals surface area contributed by atoms with E-state index in [-0.39, 0.29) is 0 Å². The Bertz CT molecular complexity index is 219. The van der Waals surface area contributed by atoms with Gasteiger partial charge in [0, 0.05) is 13.7 Å². The summed E-state index contributed by atoms with van der Waals surface area (Å²) in [6.45, 7) is 5.37. The molecule has 0 spiro atoms. The summed E-state index contributed by atoms with van der Waals surface area (Å²) in [5.74, 6) is 4.12. The smallest absolute Gasteiger partial charge is 0.0587 e. The third-order valence-electron chi connectivity index (χ3n) is 4.89. The van der Waals surface area contributed by atoms with Crippen molar-refractivity contribution in [1.29, 1.82) is 0 Å². The topological polar surface area (TPSA) is 21.3 Å². The predicted octanol–water partition coefficient (Wildman–Crippen LogP) is 3.07. The van der Waals surface area contributed by atoms with Crippen molar-refractivity contribution in [2.45, 2.75) is 45.4 Å². The number of nitrogens with one attached hydrogen (secondary N) is 1. The van der Waals surface area contributed by atoms with Crippen molar-refractivity contribution in [1.82, 2.24) is 5.32 Å². The quantitative estimate of drug-likeness (QED) is 0.657. The van der Waals surface area contributed by atoms with Gasteiger partial charge in [0.25, 0.3) is 0 Å². The molecule has 2 saturated carbocycles. The number of fused-ring (bicyclic) bond motifs is 2. The van der Waals surface area contributed by atoms with E-state index in [1.54, 1.807) is 20.0 Å². The van der Waals surface area contributed by atoms with Crippen LogP contribution in [0.3, 0.4) is 0 Å². The summed E-state index contributed by atoms with van der Waals surface area (Å²) in [7, 11) is 1.76. The first kappa shape index (κ1) is 13.4. The number of methoxy groups -OCH3 is 1. The highest BCUT2D eigenvalue weighted by Gasteiger charge is 2.38. The maximum atomic E-state index is 5.04. The highest BCUT2D eigenvalue weighted by molar-refractivity contribution is 4.89. The van der Waals surface area contributed by atoms with Crippen LogP contribution < -0.4 is 5.32 Å². The van der Waals surface area contributed by atoms with Gasteiger partial charge in [-0.15, -0.1) is 0 Å². The number of hydrogen-bond donors (Lipinski definition) is 1. The van der Waals surface area contributed by atoms with Gasteiger partial charge >= 0.3 is 0 Å². The molecule has 4 atom stereocenters. The molecule has 0 aliphatic heterocycles. The van der Waals surface area contributed by atoms with Crippen molar-refractivity contribution >= 4 is 0 Å². The van der Waals surface area contributed by atoms with Crippen molar-refractivity contribution < 1.29 is 4.74 Å². The first-order chi connectivity index (χ1) is 8.29. The molecule has 2 aliphatic rings. The van der Waals surface area contributed by atoms with Crippen LogP contribution in [0.1, 0.15) is 45.4 Å². The fourth-order valence-corrected chi connectivity index (χ4v) is 3.85. The first-order valence-corrected chi connectivity index (χ1v) is 7.49. The summed E-state index contributed by atoms with van der Waals surface area (Å²) in [6.07, 6.45) is 9.08. The molecule has 0 aromatic carbocycles. The van der Waals surface area contributed by atoms with Crippen molar-refractivity contribution in [3.63, 3.8) is 0 Å². The van der Waals surface area contributed by atoms with Crippen LogP contribution in [0.5, 0.6) is 0 Å². The fourth-order valence-electron chi connectivity index (χ4n) is 3.85. The molecule has 2 rings (SSSR count). The molecule has 17 heavy (non-hydrogen) atoms. The minimum atomic E-state index is 0.825. The lowest BCUT2D eigenvalue weighted by Gasteiger charge is -2.23. The molecule has 2 aliphatic carbocycles. The molecule has 0 saturated heterocycles. The van der Waals surface area contributed by atoms with Gasteiger partial charge in [0.15, 0.2) is 0 Å². The van der Waals surface area contributed by atoms with E-state index < -0.39 is 0 Å². The largest absolute Gasteiger partial charge is 0.383 e. The minimum Gasteiger partial charge on any atom is -0.383 e. The third-order valence-corrected chi connectivity index (χ3v) is 4.89. The molecule has 0 aromatic rings. The van der Waals surface area contributed by atoms with Gasteiger partial charge in [-0.05, 0) is 62.3 Å². The fraction of sp³-hybridized carbons (Fsp3) is 1.00. The summed E-state index contributed by atoms with van der Waals surface area (Å²) >= 11 is 0. The zero-order valence-corrected chi connectivity index (χ0v) is 11.6. The highest BCUT2D eigenvalue weighted by Crippen LogP contribution is 2.50. The SMILES string of the molecule is COCCNCC(C)CCC1CC2CCC1C2. The van der Waals surface area contributed by atoms with Gasteiger partial charge in [-0.3, -0.25) is 0 Å². The molecule has 0 aromatic heterocycles. The van der Waals surface area contributed by atoms with E-state index in [0.29, 0.717) is 0 Å². The van der Waals surface area contributed by atoms with Crippen LogP contribution in [0.25, 0.3) is 0 Å². The minimum absolute atomic E-state index is 0.825. The Balaban J connectivity index is 1.52. The van der Waals surface area contributed by atoms with E-state index in [2.05, 4.69) is 12.2 Å². The molecule has 2 heteroatoms. The number of hydrogen-bond acceptors (Lipinski definition) is 2. The average molecular weight is 239 g/mol. The monoisotopic (exact) mass is 239 g/mol. The summed E-state index contributed by atoms with van der Waals surface area (Å²) < 4.78 is 5.04. The predicted molar refractivity (Wildman–Crippen MR) is 72.1 cm³/mol. The molecule has 0 amide bonds. The Morgan fingerprint density at radius 1 is 1.29 bits per heavy atom. The van der Waals surface area contributed by atoms with E-state index in [4.69, 9.17) is 4.74 Å². The van der Waals surface area contributed by atoms with E-state index in [9.17, 15) is 0 Å². The van der Waals surface area contributed by atoms with Crippen LogP contribution in [0.2, 0.25) is 0 Å². The summed E-state index contributed by atoms with van der Waals surface area (Å²) in [6, 6.07) is 0.